The van der Waals surface area contributed by atoms with Crippen LogP contribution < -0.4 is 9.62 Å². The average molecular weight is 437 g/mol. The number of sulfonamides is 1. The molecule has 2 rings (SSSR count). The van der Waals surface area contributed by atoms with Crippen LogP contribution >= 0.6 is 35.0 Å². The monoisotopic (exact) mass is 436 g/mol. The van der Waals surface area contributed by atoms with Gasteiger partial charge in [-0.2, -0.15) is 11.8 Å². The van der Waals surface area contributed by atoms with Crippen LogP contribution in [0.25, 0.3) is 0 Å². The van der Waals surface area contributed by atoms with Crippen molar-refractivity contribution in [3.63, 3.8) is 0 Å². The van der Waals surface area contributed by atoms with Crippen LogP contribution in [0.1, 0.15) is 5.76 Å². The van der Waals surface area contributed by atoms with E-state index in [1.165, 1.54) is 18.2 Å². The van der Waals surface area contributed by atoms with E-state index in [0.29, 0.717) is 23.1 Å². The van der Waals surface area contributed by atoms with Crippen LogP contribution in [0, 0.1) is 0 Å². The smallest absolute Gasteiger partial charge is 0.240 e. The topological polar surface area (TPSA) is 79.6 Å². The maximum atomic E-state index is 12.1. The number of benzene rings is 1. The number of thioether (sulfide) groups is 1. The summed E-state index contributed by atoms with van der Waals surface area (Å²) in [5, 5.41) is 3.23. The number of rotatable bonds is 9. The second-order valence-electron chi connectivity index (χ2n) is 5.35. The van der Waals surface area contributed by atoms with Gasteiger partial charge in [-0.3, -0.25) is 9.10 Å². The number of nitrogens with one attached hydrogen (secondary N) is 1. The van der Waals surface area contributed by atoms with Gasteiger partial charge in [0.1, 0.15) is 12.3 Å². The Morgan fingerprint density at radius 2 is 2.04 bits per heavy atom. The third kappa shape index (κ3) is 6.42. The highest BCUT2D eigenvalue weighted by Gasteiger charge is 2.21. The lowest BCUT2D eigenvalue weighted by Crippen LogP contribution is -2.41. The van der Waals surface area contributed by atoms with Gasteiger partial charge in [-0.15, -0.1) is 0 Å². The van der Waals surface area contributed by atoms with Crippen LogP contribution in [0.15, 0.2) is 41.0 Å². The molecule has 2 aromatic rings. The summed E-state index contributed by atoms with van der Waals surface area (Å²) in [4.78, 5) is 12.1. The van der Waals surface area contributed by atoms with Crippen LogP contribution in [0.3, 0.4) is 0 Å². The highest BCUT2D eigenvalue weighted by atomic mass is 35.5. The van der Waals surface area contributed by atoms with E-state index in [0.717, 1.165) is 16.3 Å². The molecule has 0 saturated carbocycles. The number of amides is 1. The van der Waals surface area contributed by atoms with Crippen molar-refractivity contribution in [1.82, 2.24) is 5.32 Å². The van der Waals surface area contributed by atoms with Gasteiger partial charge in [0.2, 0.25) is 15.9 Å². The van der Waals surface area contributed by atoms with Crippen molar-refractivity contribution in [2.24, 2.45) is 0 Å². The Kier molecular flexibility index (Phi) is 7.69. The summed E-state index contributed by atoms with van der Waals surface area (Å²) in [7, 11) is -3.65. The Balaban J connectivity index is 1.87. The minimum absolute atomic E-state index is 0.215. The molecule has 10 heteroatoms. The Morgan fingerprint density at radius 1 is 1.27 bits per heavy atom. The summed E-state index contributed by atoms with van der Waals surface area (Å²) in [6.07, 6.45) is 2.64. The summed E-state index contributed by atoms with van der Waals surface area (Å²) >= 11 is 13.4. The van der Waals surface area contributed by atoms with E-state index in [1.807, 2.05) is 12.1 Å². The van der Waals surface area contributed by atoms with Crippen molar-refractivity contribution in [2.75, 3.05) is 29.4 Å². The lowest BCUT2D eigenvalue weighted by molar-refractivity contribution is -0.119. The van der Waals surface area contributed by atoms with Crippen LogP contribution in [0.4, 0.5) is 5.69 Å². The van der Waals surface area contributed by atoms with Gasteiger partial charge in [0.25, 0.3) is 0 Å². The molecule has 1 aromatic heterocycles. The van der Waals surface area contributed by atoms with E-state index >= 15 is 0 Å². The molecule has 0 fully saturated rings. The third-order valence-corrected chi connectivity index (χ3v) is 6.13. The van der Waals surface area contributed by atoms with Crippen molar-refractivity contribution in [2.45, 2.75) is 5.75 Å². The van der Waals surface area contributed by atoms with Gasteiger partial charge in [-0.1, -0.05) is 23.2 Å². The molecule has 0 unspecified atom stereocenters. The molecule has 142 valence electrons. The molecule has 1 heterocycles. The average Bonchev–Trinajstić information content (AvgIpc) is 3.07. The molecule has 0 aliphatic carbocycles. The first kappa shape index (κ1) is 21.0. The summed E-state index contributed by atoms with van der Waals surface area (Å²) < 4.78 is 30.3. The minimum atomic E-state index is -3.65. The van der Waals surface area contributed by atoms with Gasteiger partial charge in [0, 0.05) is 12.3 Å². The third-order valence-electron chi connectivity index (χ3n) is 3.27. The van der Waals surface area contributed by atoms with Gasteiger partial charge in [-0.25, -0.2) is 8.42 Å². The molecule has 0 saturated heterocycles. The summed E-state index contributed by atoms with van der Waals surface area (Å²) in [5.74, 6) is 1.85. The quantitative estimate of drug-likeness (QED) is 0.609. The Hall–Kier alpha value is -1.35. The Bertz CT molecular complexity index is 842. The Labute approximate surface area is 166 Å². The zero-order valence-corrected chi connectivity index (χ0v) is 17.1. The van der Waals surface area contributed by atoms with E-state index in [1.54, 1.807) is 18.0 Å². The van der Waals surface area contributed by atoms with E-state index < -0.39 is 15.9 Å². The fourth-order valence-electron chi connectivity index (χ4n) is 2.06. The molecule has 0 radical (unpaired) electrons. The van der Waals surface area contributed by atoms with Gasteiger partial charge in [0.15, 0.2) is 0 Å². The number of hydrogen-bond donors (Lipinski definition) is 1. The summed E-state index contributed by atoms with van der Waals surface area (Å²) in [5.41, 5.74) is 0.282. The number of carbonyl (C=O) groups excluding carboxylic acids is 1. The first-order chi connectivity index (χ1) is 12.3. The van der Waals surface area contributed by atoms with E-state index in [2.05, 4.69) is 5.32 Å². The van der Waals surface area contributed by atoms with E-state index in [4.69, 9.17) is 27.6 Å². The molecule has 1 amide bonds. The normalized spacial score (nSPS) is 11.3. The molecular formula is C16H18Cl2N2O4S2. The van der Waals surface area contributed by atoms with Crippen molar-refractivity contribution >= 4 is 56.6 Å². The summed E-state index contributed by atoms with van der Waals surface area (Å²) in [6, 6.07) is 8.10. The molecule has 0 atom stereocenters. The highest BCUT2D eigenvalue weighted by molar-refractivity contribution is 7.98. The largest absolute Gasteiger partial charge is 0.468 e. The lowest BCUT2D eigenvalue weighted by Gasteiger charge is -2.22. The SMILES string of the molecule is CS(=O)(=O)N(CC(=O)NCCSCc1ccco1)c1ccc(Cl)c(Cl)c1. The number of halogens is 2. The first-order valence-electron chi connectivity index (χ1n) is 7.57. The second-order valence-corrected chi connectivity index (χ2v) is 9.18. The maximum absolute atomic E-state index is 12.1. The highest BCUT2D eigenvalue weighted by Crippen LogP contribution is 2.28. The molecule has 26 heavy (non-hydrogen) atoms. The fourth-order valence-corrected chi connectivity index (χ4v) is 3.95. The predicted octanol–water partition coefficient (Wildman–Crippen LogP) is 3.40. The molecule has 6 nitrogen and oxygen atoms in total. The molecule has 1 aromatic carbocycles. The van der Waals surface area contributed by atoms with Crippen LogP contribution in [-0.2, 0) is 20.6 Å². The second kappa shape index (κ2) is 9.55. The first-order valence-corrected chi connectivity index (χ1v) is 11.3. The Morgan fingerprint density at radius 3 is 2.65 bits per heavy atom. The van der Waals surface area contributed by atoms with Gasteiger partial charge in [-0.05, 0) is 30.3 Å². The van der Waals surface area contributed by atoms with Crippen LogP contribution in [0.2, 0.25) is 10.0 Å². The molecule has 1 N–H and O–H groups in total. The molecule has 0 bridgehead atoms. The van der Waals surface area contributed by atoms with Crippen molar-refractivity contribution < 1.29 is 17.6 Å². The standard InChI is InChI=1S/C16H18Cl2N2O4S2/c1-26(22,23)20(12-4-5-14(17)15(18)9-12)10-16(21)19-6-8-25-11-13-3-2-7-24-13/h2-5,7,9H,6,8,10-11H2,1H3,(H,19,21). The number of nitrogens with zero attached hydrogens (tertiary/aromatic N) is 1. The van der Waals surface area contributed by atoms with Gasteiger partial charge < -0.3 is 9.73 Å². The number of hydrogen-bond acceptors (Lipinski definition) is 5. The van der Waals surface area contributed by atoms with Crippen LogP contribution in [-0.4, -0.2) is 39.4 Å². The van der Waals surface area contributed by atoms with Gasteiger partial charge >= 0.3 is 0 Å². The van der Waals surface area contributed by atoms with Gasteiger partial charge in [0.05, 0.1) is 34.0 Å². The number of anilines is 1. The van der Waals surface area contributed by atoms with Crippen molar-refractivity contribution in [1.29, 1.82) is 0 Å². The lowest BCUT2D eigenvalue weighted by atomic mass is 10.3. The molecule has 0 aliphatic rings. The molecule has 0 aliphatic heterocycles. The fraction of sp³-hybridized carbons (Fsp3) is 0.312. The molecule has 0 spiro atoms. The van der Waals surface area contributed by atoms with E-state index in [-0.39, 0.29) is 17.3 Å². The zero-order valence-electron chi connectivity index (χ0n) is 13.9. The minimum Gasteiger partial charge on any atom is -0.468 e. The van der Waals surface area contributed by atoms with E-state index in [9.17, 15) is 13.2 Å². The van der Waals surface area contributed by atoms with Crippen molar-refractivity contribution in [3.8, 4) is 0 Å². The van der Waals surface area contributed by atoms with Crippen molar-refractivity contribution in [3.05, 3.63) is 52.4 Å². The number of furan rings is 1. The zero-order chi connectivity index (χ0) is 19.2. The predicted molar refractivity (Wildman–Crippen MR) is 107 cm³/mol. The maximum Gasteiger partial charge on any atom is 0.240 e. The van der Waals surface area contributed by atoms with Crippen LogP contribution in [0.5, 0.6) is 0 Å². The number of carbonyl (C=O) groups is 1. The summed E-state index contributed by atoms with van der Waals surface area (Å²) in [6.45, 7) is 0.0861. The molecular weight excluding hydrogens is 419 g/mol.